The summed E-state index contributed by atoms with van der Waals surface area (Å²) in [6.07, 6.45) is 40.3. The maximum atomic E-state index is 14.1. The van der Waals surface area contributed by atoms with Gasteiger partial charge < -0.3 is 77.6 Å². The summed E-state index contributed by atoms with van der Waals surface area (Å²) in [7, 11) is 7.29. The summed E-state index contributed by atoms with van der Waals surface area (Å²) in [4.78, 5) is 114. The minimum atomic E-state index is -1.00. The number of fused-ring (bicyclic) bond motifs is 4. The molecule has 0 aromatic heterocycles. The number of anilines is 2. The average Bonchev–Trinajstić information content (AvgIpc) is 1.57. The highest BCUT2D eigenvalue weighted by Gasteiger charge is 2.55. The Labute approximate surface area is 826 Å². The number of aliphatic carboxylic acids is 2. The van der Waals surface area contributed by atoms with Gasteiger partial charge in [-0.05, 0) is 295 Å². The van der Waals surface area contributed by atoms with Crippen molar-refractivity contribution in [2.45, 2.75) is 192 Å². The maximum absolute atomic E-state index is 14.1. The van der Waals surface area contributed by atoms with E-state index in [0.717, 1.165) is 122 Å². The van der Waals surface area contributed by atoms with Crippen molar-refractivity contribution in [3.63, 3.8) is 0 Å². The third-order valence-electron chi connectivity index (χ3n) is 22.5. The van der Waals surface area contributed by atoms with Crippen molar-refractivity contribution in [2.24, 2.45) is 11.8 Å². The number of hydrogen-bond donors (Lipinski definition) is 2. The summed E-state index contributed by atoms with van der Waals surface area (Å²) in [5.41, 5.74) is 11.5. The first-order chi connectivity index (χ1) is 54.5. The number of carbonyl (C=O) groups excluding carboxylic acids is 6. The molecule has 6 aliphatic rings. The summed E-state index contributed by atoms with van der Waals surface area (Å²) in [5, 5.41) is 20.8. The van der Waals surface area contributed by atoms with E-state index in [1.54, 1.807) is 0 Å². The van der Waals surface area contributed by atoms with E-state index in [1.165, 1.54) is 38.9 Å². The van der Waals surface area contributed by atoms with E-state index in [4.69, 9.17) is 16.2 Å². The number of alkyl halides is 1. The van der Waals surface area contributed by atoms with E-state index < -0.39 is 77.3 Å². The van der Waals surface area contributed by atoms with Gasteiger partial charge in [-0.25, -0.2) is 9.59 Å². The van der Waals surface area contributed by atoms with Crippen LogP contribution in [-0.4, -0.2) is 124 Å². The first kappa shape index (κ1) is 100. The molecule has 0 bridgehead atoms. The number of carbonyl (C=O) groups is 8. The van der Waals surface area contributed by atoms with Crippen LogP contribution in [0.4, 0.5) is 27.1 Å². The van der Waals surface area contributed by atoms with Crippen LogP contribution in [0.3, 0.4) is 0 Å². The molecule has 29 heteroatoms. The minimum Gasteiger partial charge on any atom is -1.00 e. The number of imide groups is 2. The van der Waals surface area contributed by atoms with Gasteiger partial charge >= 0.3 is 23.9 Å². The Hall–Kier alpha value is -2.87. The fourth-order valence-corrected chi connectivity index (χ4v) is 26.4. The number of rotatable bonds is 32. The molecule has 2 saturated heterocycles. The summed E-state index contributed by atoms with van der Waals surface area (Å²) in [5.74, 6) is -5.80. The van der Waals surface area contributed by atoms with Gasteiger partial charge in [0, 0.05) is 150 Å². The van der Waals surface area contributed by atoms with E-state index in [0.29, 0.717) is 35.8 Å². The third-order valence-corrected chi connectivity index (χ3v) is 28.3. The van der Waals surface area contributed by atoms with E-state index in [-0.39, 0.29) is 97.3 Å². The highest BCUT2D eigenvalue weighted by Crippen LogP contribution is 2.57. The average molecular weight is 2710 g/mol. The first-order valence-corrected chi connectivity index (χ1v) is 46.7. The van der Waals surface area contributed by atoms with Crippen molar-refractivity contribution in [1.29, 1.82) is 0 Å². The number of benzene rings is 4. The molecule has 6 aliphatic heterocycles. The number of hydrogen-bond acceptors (Lipinski definition) is 12. The van der Waals surface area contributed by atoms with Gasteiger partial charge in [0.15, 0.2) is 11.4 Å². The highest BCUT2D eigenvalue weighted by molar-refractivity contribution is 14.1. The van der Waals surface area contributed by atoms with Gasteiger partial charge in [-0.1, -0.05) is 126 Å². The van der Waals surface area contributed by atoms with Crippen LogP contribution in [0.2, 0.25) is 0 Å². The van der Waals surface area contributed by atoms with Crippen LogP contribution in [0.25, 0.3) is 0 Å². The summed E-state index contributed by atoms with van der Waals surface area (Å²) < 4.78 is 29.2. The quantitative estimate of drug-likeness (QED) is 0.0153. The number of amides is 4. The van der Waals surface area contributed by atoms with Crippen molar-refractivity contribution in [1.82, 2.24) is 10.1 Å². The van der Waals surface area contributed by atoms with Crippen LogP contribution >= 0.6 is 181 Å². The second-order valence-corrected chi connectivity index (χ2v) is 39.5. The Bertz CT molecular complexity index is 4740. The molecule has 2 fully saturated rings. The maximum Gasteiger partial charge on any atom is 0.337 e. The lowest BCUT2D eigenvalue weighted by Crippen LogP contribution is -3.00. The lowest BCUT2D eigenvalue weighted by atomic mass is 9.69. The number of carboxylic acids is 2. The smallest absolute Gasteiger partial charge is 0.337 e. The molecule has 10 rings (SSSR count). The lowest BCUT2D eigenvalue weighted by molar-refractivity contribution is -0.401. The van der Waals surface area contributed by atoms with E-state index >= 15 is 0 Å². The van der Waals surface area contributed by atoms with Gasteiger partial charge in [0.25, 0.3) is 23.6 Å². The molecule has 18 nitrogen and oxygen atoms in total. The molecule has 116 heavy (non-hydrogen) atoms. The molecule has 0 saturated carbocycles. The second-order valence-electron chi connectivity index (χ2n) is 29.8. The van der Waals surface area contributed by atoms with Crippen LogP contribution in [0.1, 0.15) is 194 Å². The van der Waals surface area contributed by atoms with Gasteiger partial charge in [0.05, 0.1) is 42.3 Å². The molecular formula is C87H99FI10N6O12. The van der Waals surface area contributed by atoms with Crippen molar-refractivity contribution >= 4 is 262 Å². The first-order valence-electron chi connectivity index (χ1n) is 38.8. The normalized spacial score (nSPS) is 21.5. The number of hydroxylamine groups is 4. The van der Waals surface area contributed by atoms with Crippen molar-refractivity contribution < 1.29 is 121 Å². The summed E-state index contributed by atoms with van der Waals surface area (Å²) in [6, 6.07) is 17.4. The van der Waals surface area contributed by atoms with Gasteiger partial charge in [0.1, 0.15) is 14.1 Å². The van der Waals surface area contributed by atoms with E-state index in [9.17, 15) is 47.9 Å². The third kappa shape index (κ3) is 23.2. The Morgan fingerprint density at radius 2 is 0.845 bits per heavy atom. The van der Waals surface area contributed by atoms with Gasteiger partial charge in [-0.2, -0.15) is 9.15 Å². The Kier molecular flexibility index (Phi) is 39.9. The zero-order valence-corrected chi connectivity index (χ0v) is 88.1. The molecule has 6 heterocycles. The molecule has 4 aromatic rings. The molecule has 0 radical (unpaired) electrons. The predicted molar refractivity (Wildman–Crippen MR) is 515 cm³/mol. The van der Waals surface area contributed by atoms with Crippen LogP contribution in [0.5, 0.6) is 0 Å². The number of likely N-dealkylation sites (N-methyl/N-ethyl adjacent to an activating group) is 2. The molecule has 6 atom stereocenters. The Morgan fingerprint density at radius 3 is 1.23 bits per heavy atom. The SMILES string of the molecule is CCCCC(C(=O)O)C1(C)/C(=C/C=C/C=C/C=C/C2=[N+](C)c3cc(I)cc(I)c3C2(C)CCCCCC(=O)O)N(C)c2cc(I)cc(I)c21.CCCCC(C(=O)ON1C(=O)CCC1=O)C1(C)/C(=C/C=C/C=C/C=C/C2=[N+](C)c3cc(I)cc(I)c3C2(C)CCCCCC(=O)ON2C(=O)CCC2=O)N(C)c2cc(I)cc(I)c21.[2H]CF.[I-].[I-]. The molecule has 626 valence electrons. The molecule has 0 aliphatic carbocycles. The molecule has 6 unspecified atom stereocenters. The van der Waals surface area contributed by atoms with Crippen LogP contribution in [0.15, 0.2) is 145 Å². The van der Waals surface area contributed by atoms with Crippen molar-refractivity contribution in [3.05, 3.63) is 196 Å². The Balaban J connectivity index is 0.000000356. The minimum absolute atomic E-state index is 0. The Morgan fingerprint density at radius 1 is 0.500 bits per heavy atom. The molecule has 4 aromatic carbocycles. The van der Waals surface area contributed by atoms with Crippen LogP contribution < -0.4 is 57.8 Å². The number of halogens is 11. The monoisotopic (exact) mass is 2710 g/mol. The van der Waals surface area contributed by atoms with Crippen LogP contribution in [-0.2, 0) is 69.7 Å². The number of unbranched alkanes of at least 4 members (excludes halogenated alkanes) is 6. The highest BCUT2D eigenvalue weighted by atomic mass is 127. The van der Waals surface area contributed by atoms with Gasteiger partial charge in [-0.3, -0.25) is 33.2 Å². The predicted octanol–water partition coefficient (Wildman–Crippen LogP) is 15.6. The summed E-state index contributed by atoms with van der Waals surface area (Å²) >= 11 is 19.0. The number of allylic oxidation sites excluding steroid dienone is 16. The molecular weight excluding hydrogens is 2610 g/mol. The van der Waals surface area contributed by atoms with Crippen molar-refractivity contribution in [2.75, 3.05) is 45.1 Å². The largest absolute Gasteiger partial charge is 1.00 e. The van der Waals surface area contributed by atoms with Gasteiger partial charge in [-0.15, -0.1) is 10.1 Å². The van der Waals surface area contributed by atoms with Crippen molar-refractivity contribution in [3.8, 4) is 0 Å². The fourth-order valence-electron chi connectivity index (χ4n) is 16.8. The van der Waals surface area contributed by atoms with E-state index in [2.05, 4.69) is 328 Å². The van der Waals surface area contributed by atoms with Gasteiger partial charge in [0.2, 0.25) is 11.4 Å². The standard InChI is InChI=1S/C47H51I4N4O8.C39H44I4N2O4.CH3F.2HI/c1-6-7-16-31(45(61)63-55-40(58)22-23-41(55)59)47(3)37(53(5)35-28-30(49)26-33(51)44(35)47)18-13-10-8-9-12-17-36-46(2,43-32(50)25-29(48)27-34(43)52(36)4)24-15-11-14-19-42(60)62-54-38(56)20-21-39(54)57;1-6-7-16-27(37(48)49)39(3)33(45(5)31-24-26(41)22-29(43)36(31)39)18-13-10-8-9-12-17-32-38(2,20-15-11-14-19-34(46)47)35-28(42)21-25(40)23-30(35)44(32)4;1-2;;/h8-10,12-13,17-18,25-28,31H,6-7,11,14-16,19-24H2,1-5H3;8-10,12-13,17-18,21-24,27H,6-7,11,14-16,19-20H2,1-5H3,(H-,46,47,48,49);1H3;2*1H/q+1;;;;/p-1/i;;1D;;. The lowest BCUT2D eigenvalue weighted by Gasteiger charge is -2.36. The zero-order valence-electron chi connectivity index (χ0n) is 67.5. The fraction of sp³-hybridized carbons (Fsp3) is 0.425. The molecule has 4 amide bonds. The molecule has 0 spiro atoms. The summed E-state index contributed by atoms with van der Waals surface area (Å²) in [6.45, 7) is 12.9. The zero-order chi connectivity index (χ0) is 84.6. The molecule has 2 N–H and O–H groups in total. The topological polar surface area (TPSA) is 214 Å². The van der Waals surface area contributed by atoms with E-state index in [1.807, 2.05) is 74.9 Å². The second kappa shape index (κ2) is 46.2. The number of carboxylic acid groups (broad SMARTS) is 2. The van der Waals surface area contributed by atoms with Crippen LogP contribution in [0, 0.1) is 40.4 Å². The number of nitrogens with zero attached hydrogens (tertiary/aromatic N) is 6.